The van der Waals surface area contributed by atoms with Gasteiger partial charge in [0.1, 0.15) is 18.8 Å². The van der Waals surface area contributed by atoms with Crippen LogP contribution < -0.4 is 0 Å². The monoisotopic (exact) mass is 579 g/mol. The molecule has 0 unspecified atom stereocenters. The third-order valence-electron chi connectivity index (χ3n) is 14.6. The Morgan fingerprint density at radius 1 is 0.905 bits per heavy atom. The number of aromatic nitrogens is 3. The average molecular weight is 580 g/mol. The topological polar surface area (TPSA) is 83.3 Å². The Kier molecular flexibility index (Phi) is 7.05. The summed E-state index contributed by atoms with van der Waals surface area (Å²) >= 11 is 0. The molecule has 0 bridgehead atoms. The highest BCUT2D eigenvalue weighted by Gasteiger charge is 2.71. The summed E-state index contributed by atoms with van der Waals surface area (Å²) in [5, 5.41) is 4.00. The maximum Gasteiger partial charge on any atom is 0.436 e. The second-order valence-corrected chi connectivity index (χ2v) is 16.4. The minimum Gasteiger partial charge on any atom is -0.462 e. The number of rotatable bonds is 4. The van der Waals surface area contributed by atoms with Gasteiger partial charge in [-0.05, 0) is 117 Å². The first-order valence-corrected chi connectivity index (χ1v) is 16.5. The highest BCUT2D eigenvalue weighted by molar-refractivity contribution is 5.68. The second-order valence-electron chi connectivity index (χ2n) is 16.4. The van der Waals surface area contributed by atoms with Gasteiger partial charge in [0.15, 0.2) is 0 Å². The van der Waals surface area contributed by atoms with E-state index in [1.807, 2.05) is 0 Å². The maximum atomic E-state index is 12.8. The van der Waals surface area contributed by atoms with Gasteiger partial charge in [-0.25, -0.2) is 9.78 Å². The molecule has 0 aliphatic heterocycles. The van der Waals surface area contributed by atoms with E-state index in [1.54, 1.807) is 6.92 Å². The highest BCUT2D eigenvalue weighted by atomic mass is 16.6. The first-order valence-electron chi connectivity index (χ1n) is 16.5. The molecule has 1 heterocycles. The van der Waals surface area contributed by atoms with E-state index in [4.69, 9.17) is 9.47 Å². The molecule has 6 rings (SSSR count). The lowest BCUT2D eigenvalue weighted by Gasteiger charge is -2.73. The molecule has 5 aliphatic carbocycles. The van der Waals surface area contributed by atoms with Crippen molar-refractivity contribution in [2.24, 2.45) is 56.7 Å². The van der Waals surface area contributed by atoms with Crippen molar-refractivity contribution in [3.05, 3.63) is 24.8 Å². The zero-order valence-corrected chi connectivity index (χ0v) is 27.1. The molecule has 1 aromatic heterocycles. The molecule has 0 saturated heterocycles. The van der Waals surface area contributed by atoms with Crippen LogP contribution in [0.2, 0.25) is 0 Å². The van der Waals surface area contributed by atoms with Crippen molar-refractivity contribution in [1.82, 2.24) is 14.8 Å². The Morgan fingerprint density at radius 3 is 2.33 bits per heavy atom. The first kappa shape index (κ1) is 29.9. The van der Waals surface area contributed by atoms with Crippen LogP contribution >= 0.6 is 0 Å². The smallest absolute Gasteiger partial charge is 0.436 e. The van der Waals surface area contributed by atoms with Gasteiger partial charge >= 0.3 is 12.1 Å². The number of carbonyl (C=O) groups excluding carboxylic acids is 2. The van der Waals surface area contributed by atoms with E-state index in [0.29, 0.717) is 36.2 Å². The van der Waals surface area contributed by atoms with Crippen LogP contribution in [0, 0.1) is 56.7 Å². The quantitative estimate of drug-likeness (QED) is 0.267. The lowest BCUT2D eigenvalue weighted by Crippen LogP contribution is -2.67. The molecule has 42 heavy (non-hydrogen) atoms. The number of hydrogen-bond donors (Lipinski definition) is 0. The van der Waals surface area contributed by atoms with Crippen molar-refractivity contribution in [3.8, 4) is 0 Å². The van der Waals surface area contributed by atoms with Crippen LogP contribution in [0.5, 0.6) is 0 Å². The predicted molar refractivity (Wildman–Crippen MR) is 161 cm³/mol. The van der Waals surface area contributed by atoms with Crippen molar-refractivity contribution in [2.45, 2.75) is 119 Å². The summed E-state index contributed by atoms with van der Waals surface area (Å²) in [4.78, 5) is 28.7. The molecular weight excluding hydrogens is 526 g/mol. The van der Waals surface area contributed by atoms with E-state index < -0.39 is 6.09 Å². The van der Waals surface area contributed by atoms with E-state index in [9.17, 15) is 9.59 Å². The van der Waals surface area contributed by atoms with Crippen LogP contribution in [-0.2, 0) is 14.3 Å². The van der Waals surface area contributed by atoms with Crippen LogP contribution in [0.15, 0.2) is 24.8 Å². The highest BCUT2D eigenvalue weighted by Crippen LogP contribution is 2.77. The van der Waals surface area contributed by atoms with Crippen molar-refractivity contribution in [3.63, 3.8) is 0 Å². The molecule has 10 atom stereocenters. The minimum absolute atomic E-state index is 0.00157. The summed E-state index contributed by atoms with van der Waals surface area (Å²) in [7, 11) is 0. The maximum absolute atomic E-state index is 12.8. The lowest BCUT2D eigenvalue weighted by atomic mass is 9.32. The van der Waals surface area contributed by atoms with E-state index in [-0.39, 0.29) is 39.1 Å². The van der Waals surface area contributed by atoms with Gasteiger partial charge in [0.2, 0.25) is 0 Å². The lowest BCUT2D eigenvalue weighted by molar-refractivity contribution is -0.251. The summed E-state index contributed by atoms with van der Waals surface area (Å²) in [5.74, 6) is 2.61. The molecule has 7 nitrogen and oxygen atoms in total. The number of esters is 1. The molecule has 0 amide bonds. The SMILES string of the molecule is C=C(C)[C@@H]1CC[C@]2(COC(=O)n3cncn3)CC[C@]3(C)[C@H](CC[C@@H]4[C@@]5(C)CC[C@H](OC(C)=O)C(C)(C)[C@@H]5CC[C@]43C)[C@@H]12. The van der Waals surface area contributed by atoms with E-state index in [0.717, 1.165) is 32.1 Å². The zero-order chi connectivity index (χ0) is 30.3. The Labute approximate surface area is 252 Å². The minimum atomic E-state index is -0.429. The molecule has 5 saturated carbocycles. The number of carbonyl (C=O) groups is 2. The number of ether oxygens (including phenoxy) is 2. The molecule has 1 aromatic rings. The fourth-order valence-electron chi connectivity index (χ4n) is 12.5. The van der Waals surface area contributed by atoms with Gasteiger partial charge < -0.3 is 9.47 Å². The zero-order valence-electron chi connectivity index (χ0n) is 27.1. The molecule has 5 aliphatic rings. The van der Waals surface area contributed by atoms with Gasteiger partial charge in [0.05, 0.1) is 6.61 Å². The largest absolute Gasteiger partial charge is 0.462 e. The first-order chi connectivity index (χ1) is 19.7. The van der Waals surface area contributed by atoms with Crippen molar-refractivity contribution < 1.29 is 19.1 Å². The number of allylic oxidation sites excluding steroid dienone is 1. The van der Waals surface area contributed by atoms with Crippen LogP contribution in [0.25, 0.3) is 0 Å². The Hall–Kier alpha value is -2.18. The molecule has 7 heteroatoms. The van der Waals surface area contributed by atoms with Gasteiger partial charge in [-0.15, -0.1) is 5.10 Å². The summed E-state index contributed by atoms with van der Waals surface area (Å²) in [6.07, 6.45) is 13.9. The van der Waals surface area contributed by atoms with Crippen LogP contribution in [0.3, 0.4) is 0 Å². The standard InChI is InChI=1S/C35H53N3O4/c1-22(2)24-11-16-35(19-41-30(40)38-21-36-20-37-38)18-17-33(7)25(29(24)35)9-10-27-32(6)14-13-28(42-23(3)39)31(4,5)26(32)12-15-34(27,33)8/h20-21,24-29H,1,9-19H2,2-8H3/t24-,25+,26-,27+,28-,29+,32-,33+,34+,35+/m0/s1. The third-order valence-corrected chi connectivity index (χ3v) is 14.6. The van der Waals surface area contributed by atoms with Crippen LogP contribution in [-0.4, -0.2) is 39.5 Å². The van der Waals surface area contributed by atoms with Crippen LogP contribution in [0.4, 0.5) is 4.79 Å². The summed E-state index contributed by atoms with van der Waals surface area (Å²) in [6.45, 7) is 21.4. The van der Waals surface area contributed by atoms with Gasteiger partial charge in [-0.1, -0.05) is 46.8 Å². The van der Waals surface area contributed by atoms with Crippen LogP contribution in [0.1, 0.15) is 113 Å². The van der Waals surface area contributed by atoms with Gasteiger partial charge in [-0.2, -0.15) is 4.68 Å². The van der Waals surface area contributed by atoms with Crippen molar-refractivity contribution in [2.75, 3.05) is 6.61 Å². The molecule has 5 fully saturated rings. The molecule has 0 N–H and O–H groups in total. The fraction of sp³-hybridized carbons (Fsp3) is 0.829. The predicted octanol–water partition coefficient (Wildman–Crippen LogP) is 7.85. The van der Waals surface area contributed by atoms with Gasteiger partial charge in [0, 0.05) is 17.8 Å². The summed E-state index contributed by atoms with van der Waals surface area (Å²) in [6, 6.07) is 0. The Bertz CT molecular complexity index is 1240. The number of fused-ring (bicyclic) bond motifs is 7. The summed E-state index contributed by atoms with van der Waals surface area (Å²) < 4.78 is 13.1. The molecule has 0 radical (unpaired) electrons. The van der Waals surface area contributed by atoms with Gasteiger partial charge in [-0.3, -0.25) is 4.79 Å². The molecule has 232 valence electrons. The Balaban J connectivity index is 1.31. The summed E-state index contributed by atoms with van der Waals surface area (Å²) in [5.41, 5.74) is 1.98. The van der Waals surface area contributed by atoms with Gasteiger partial charge in [0.25, 0.3) is 0 Å². The number of hydrogen-bond acceptors (Lipinski definition) is 6. The second kappa shape index (κ2) is 9.92. The van der Waals surface area contributed by atoms with E-state index in [1.165, 1.54) is 55.0 Å². The molecule has 0 aromatic carbocycles. The average Bonchev–Trinajstić information content (AvgIpc) is 3.58. The Morgan fingerprint density at radius 2 is 1.67 bits per heavy atom. The molecular formula is C35H53N3O4. The molecule has 0 spiro atoms. The van der Waals surface area contributed by atoms with Crippen molar-refractivity contribution in [1.29, 1.82) is 0 Å². The van der Waals surface area contributed by atoms with E-state index in [2.05, 4.69) is 58.2 Å². The fourth-order valence-corrected chi connectivity index (χ4v) is 12.5. The third kappa shape index (κ3) is 4.10. The van der Waals surface area contributed by atoms with E-state index >= 15 is 0 Å². The van der Waals surface area contributed by atoms with Crippen molar-refractivity contribution >= 4 is 12.1 Å². The number of nitrogens with zero attached hydrogens (tertiary/aromatic N) is 3. The normalized spacial score (nSPS) is 45.5.